The molecule has 0 atom stereocenters. The maximum atomic E-state index is 12.6. The number of benzene rings is 2. The Hall–Kier alpha value is -3.63. The van der Waals surface area contributed by atoms with E-state index in [4.69, 9.17) is 9.47 Å². The number of hydrogen-bond donors (Lipinski definition) is 3. The summed E-state index contributed by atoms with van der Waals surface area (Å²) in [5.41, 5.74) is 1.38. The first-order valence-corrected chi connectivity index (χ1v) is 11.0. The summed E-state index contributed by atoms with van der Waals surface area (Å²) in [5.74, 6) is -0.955. The summed E-state index contributed by atoms with van der Waals surface area (Å²) in [6, 6.07) is 11.5. The third-order valence-corrected chi connectivity index (χ3v) is 5.57. The zero-order valence-electron chi connectivity index (χ0n) is 19.4. The minimum Gasteiger partial charge on any atom is -0.497 e. The first-order valence-electron chi connectivity index (χ1n) is 11.0. The van der Waals surface area contributed by atoms with Crippen molar-refractivity contribution in [3.63, 3.8) is 0 Å². The molecule has 2 aromatic rings. The second-order valence-electron chi connectivity index (χ2n) is 7.82. The van der Waals surface area contributed by atoms with Gasteiger partial charge in [0, 0.05) is 51.1 Å². The number of rotatable bonds is 10. The molecule has 3 N–H and O–H groups in total. The van der Waals surface area contributed by atoms with E-state index in [0.29, 0.717) is 57.2 Å². The van der Waals surface area contributed by atoms with Crippen molar-refractivity contribution in [3.8, 4) is 5.75 Å². The van der Waals surface area contributed by atoms with Crippen molar-refractivity contribution in [1.29, 1.82) is 0 Å². The van der Waals surface area contributed by atoms with E-state index < -0.39 is 11.9 Å². The van der Waals surface area contributed by atoms with Crippen LogP contribution in [0.2, 0.25) is 0 Å². The van der Waals surface area contributed by atoms with Gasteiger partial charge in [-0.3, -0.25) is 14.5 Å². The van der Waals surface area contributed by atoms with Crippen LogP contribution in [-0.4, -0.2) is 87.9 Å². The number of anilines is 2. The van der Waals surface area contributed by atoms with Gasteiger partial charge in [0.25, 0.3) is 5.91 Å². The van der Waals surface area contributed by atoms with Crippen LogP contribution in [0.4, 0.5) is 11.4 Å². The molecule has 0 spiro atoms. The highest BCUT2D eigenvalue weighted by atomic mass is 16.5. The largest absolute Gasteiger partial charge is 0.497 e. The van der Waals surface area contributed by atoms with Gasteiger partial charge in [-0.2, -0.15) is 0 Å². The quantitative estimate of drug-likeness (QED) is 0.447. The van der Waals surface area contributed by atoms with E-state index in [1.165, 1.54) is 7.11 Å². The molecule has 0 aromatic heterocycles. The van der Waals surface area contributed by atoms with E-state index >= 15 is 0 Å². The Bertz CT molecular complexity index is 1000. The lowest BCUT2D eigenvalue weighted by molar-refractivity contribution is -0.122. The van der Waals surface area contributed by atoms with E-state index in [-0.39, 0.29) is 17.2 Å². The number of hydrogen-bond acceptors (Lipinski definition) is 7. The summed E-state index contributed by atoms with van der Waals surface area (Å²) in [7, 11) is 3.12. The Labute approximate surface area is 198 Å². The Kier molecular flexibility index (Phi) is 8.83. The van der Waals surface area contributed by atoms with Gasteiger partial charge in [0.15, 0.2) is 0 Å². The number of nitrogens with one attached hydrogen (secondary N) is 2. The maximum absolute atomic E-state index is 12.6. The van der Waals surface area contributed by atoms with Gasteiger partial charge in [-0.25, -0.2) is 4.79 Å². The fourth-order valence-corrected chi connectivity index (χ4v) is 3.67. The SMILES string of the molecule is COCCNC(=O)CN1CCN(c2ccc(NC(=O)c3ccc(OC)cc3)c(C(=O)O)c2)CC1. The average molecular weight is 471 g/mol. The molecule has 1 aliphatic heterocycles. The predicted molar refractivity (Wildman–Crippen MR) is 128 cm³/mol. The number of carboxylic acids is 1. The highest BCUT2D eigenvalue weighted by molar-refractivity contribution is 6.08. The Morgan fingerprint density at radius 2 is 1.71 bits per heavy atom. The maximum Gasteiger partial charge on any atom is 0.337 e. The zero-order chi connectivity index (χ0) is 24.5. The molecular formula is C24H30N4O6. The third-order valence-electron chi connectivity index (χ3n) is 5.57. The van der Waals surface area contributed by atoms with Crippen molar-refractivity contribution in [2.45, 2.75) is 0 Å². The lowest BCUT2D eigenvalue weighted by atomic mass is 10.1. The fraction of sp³-hybridized carbons (Fsp3) is 0.375. The lowest BCUT2D eigenvalue weighted by Crippen LogP contribution is -2.49. The van der Waals surface area contributed by atoms with Crippen molar-refractivity contribution in [2.24, 2.45) is 0 Å². The molecular weight excluding hydrogens is 440 g/mol. The topological polar surface area (TPSA) is 120 Å². The van der Waals surface area contributed by atoms with Crippen molar-refractivity contribution < 1.29 is 29.0 Å². The summed E-state index contributed by atoms with van der Waals surface area (Å²) in [6.45, 7) is 3.93. The van der Waals surface area contributed by atoms with Crippen molar-refractivity contribution >= 4 is 29.2 Å². The molecule has 34 heavy (non-hydrogen) atoms. The minimum absolute atomic E-state index is 0.0133. The number of amides is 2. The van der Waals surface area contributed by atoms with Crippen molar-refractivity contribution in [2.75, 3.05) is 70.3 Å². The number of aromatic carboxylic acids is 1. The van der Waals surface area contributed by atoms with E-state index in [0.717, 1.165) is 5.69 Å². The van der Waals surface area contributed by atoms with Gasteiger partial charge in [-0.15, -0.1) is 0 Å². The van der Waals surface area contributed by atoms with E-state index in [1.54, 1.807) is 49.6 Å². The van der Waals surface area contributed by atoms with Crippen LogP contribution in [0, 0.1) is 0 Å². The van der Waals surface area contributed by atoms with Crippen LogP contribution in [0.3, 0.4) is 0 Å². The molecule has 3 rings (SSSR count). The molecule has 2 amide bonds. The molecule has 0 bridgehead atoms. The number of carbonyl (C=O) groups is 3. The molecule has 10 heteroatoms. The number of piperazine rings is 1. The minimum atomic E-state index is -1.13. The summed E-state index contributed by atoms with van der Waals surface area (Å²) in [5, 5.41) is 15.2. The Balaban J connectivity index is 1.61. The van der Waals surface area contributed by atoms with Crippen LogP contribution in [0.5, 0.6) is 5.75 Å². The Morgan fingerprint density at radius 3 is 2.32 bits per heavy atom. The average Bonchev–Trinajstić information content (AvgIpc) is 2.85. The van der Waals surface area contributed by atoms with Crippen molar-refractivity contribution in [1.82, 2.24) is 10.2 Å². The first kappa shape index (κ1) is 25.0. The predicted octanol–water partition coefficient (Wildman–Crippen LogP) is 1.53. The molecule has 10 nitrogen and oxygen atoms in total. The Morgan fingerprint density at radius 1 is 1.00 bits per heavy atom. The van der Waals surface area contributed by atoms with Gasteiger partial charge >= 0.3 is 5.97 Å². The van der Waals surface area contributed by atoms with Crippen LogP contribution in [0.15, 0.2) is 42.5 Å². The smallest absolute Gasteiger partial charge is 0.337 e. The zero-order valence-corrected chi connectivity index (χ0v) is 19.4. The van der Waals surface area contributed by atoms with E-state index in [2.05, 4.69) is 20.4 Å². The van der Waals surface area contributed by atoms with Gasteiger partial charge in [-0.1, -0.05) is 0 Å². The van der Waals surface area contributed by atoms with Gasteiger partial charge < -0.3 is 30.1 Å². The van der Waals surface area contributed by atoms with Gasteiger partial charge in [0.1, 0.15) is 5.75 Å². The normalized spacial score (nSPS) is 13.9. The monoisotopic (exact) mass is 470 g/mol. The van der Waals surface area contributed by atoms with Gasteiger partial charge in [-0.05, 0) is 42.5 Å². The van der Waals surface area contributed by atoms with Crippen LogP contribution in [0.1, 0.15) is 20.7 Å². The lowest BCUT2D eigenvalue weighted by Gasteiger charge is -2.36. The highest BCUT2D eigenvalue weighted by Crippen LogP contribution is 2.25. The van der Waals surface area contributed by atoms with Crippen LogP contribution in [-0.2, 0) is 9.53 Å². The molecule has 1 saturated heterocycles. The molecule has 1 fully saturated rings. The van der Waals surface area contributed by atoms with E-state index in [9.17, 15) is 19.5 Å². The molecule has 0 saturated carbocycles. The summed E-state index contributed by atoms with van der Waals surface area (Å²) in [4.78, 5) is 40.6. The van der Waals surface area contributed by atoms with Crippen molar-refractivity contribution in [3.05, 3.63) is 53.6 Å². The number of ether oxygens (including phenoxy) is 2. The molecule has 182 valence electrons. The number of carbonyl (C=O) groups excluding carboxylic acids is 2. The fourth-order valence-electron chi connectivity index (χ4n) is 3.67. The van der Waals surface area contributed by atoms with Crippen LogP contribution < -0.4 is 20.3 Å². The number of methoxy groups -OCH3 is 2. The number of nitrogens with zero attached hydrogens (tertiary/aromatic N) is 2. The molecule has 0 unspecified atom stereocenters. The summed E-state index contributed by atoms with van der Waals surface area (Å²) in [6.07, 6.45) is 0. The third kappa shape index (κ3) is 6.69. The second-order valence-corrected chi connectivity index (χ2v) is 7.82. The standard InChI is InChI=1S/C24H30N4O6/c1-33-14-9-25-22(29)16-27-10-12-28(13-11-27)18-5-8-21(20(15-18)24(31)32)26-23(30)17-3-6-19(34-2)7-4-17/h3-8,15H,9-14,16H2,1-2H3,(H,25,29)(H,26,30)(H,31,32). The van der Waals surface area contributed by atoms with Gasteiger partial charge in [0.2, 0.25) is 5.91 Å². The van der Waals surface area contributed by atoms with Crippen LogP contribution >= 0.6 is 0 Å². The van der Waals surface area contributed by atoms with E-state index in [1.807, 2.05) is 0 Å². The molecule has 1 heterocycles. The first-order chi connectivity index (χ1) is 16.4. The molecule has 2 aromatic carbocycles. The summed E-state index contributed by atoms with van der Waals surface area (Å²) >= 11 is 0. The second kappa shape index (κ2) is 12.0. The number of carboxylic acid groups (broad SMARTS) is 1. The highest BCUT2D eigenvalue weighted by Gasteiger charge is 2.21. The summed E-state index contributed by atoms with van der Waals surface area (Å²) < 4.78 is 10.0. The van der Waals surface area contributed by atoms with Crippen LogP contribution in [0.25, 0.3) is 0 Å². The molecule has 0 aliphatic carbocycles. The van der Waals surface area contributed by atoms with Gasteiger partial charge in [0.05, 0.1) is 31.5 Å². The molecule has 0 radical (unpaired) electrons. The molecule has 1 aliphatic rings.